The van der Waals surface area contributed by atoms with Crippen LogP contribution in [-0.2, 0) is 0 Å². The highest BCUT2D eigenvalue weighted by Crippen LogP contribution is 2.31. The van der Waals surface area contributed by atoms with E-state index in [0.717, 1.165) is 31.1 Å². The van der Waals surface area contributed by atoms with Crippen LogP contribution in [0.25, 0.3) is 0 Å². The van der Waals surface area contributed by atoms with Crippen LogP contribution in [0.15, 0.2) is 42.6 Å². The molecule has 1 saturated heterocycles. The Balaban J connectivity index is 1.77. The minimum Gasteiger partial charge on any atom is -0.497 e. The zero-order valence-electron chi connectivity index (χ0n) is 12.0. The number of hydrogen-bond acceptors (Lipinski definition) is 4. The molecule has 4 heteroatoms. The molecule has 4 nitrogen and oxygen atoms in total. The predicted octanol–water partition coefficient (Wildman–Crippen LogP) is 2.96. The Kier molecular flexibility index (Phi) is 3.74. The van der Waals surface area contributed by atoms with E-state index in [4.69, 9.17) is 4.74 Å². The average molecular weight is 279 g/mol. The molecule has 0 amide bonds. The second kappa shape index (κ2) is 5.84. The average Bonchev–Trinajstić information content (AvgIpc) is 3.04. The van der Waals surface area contributed by atoms with Gasteiger partial charge < -0.3 is 9.64 Å². The number of hydrogen-bond donors (Lipinski definition) is 0. The van der Waals surface area contributed by atoms with Crippen molar-refractivity contribution in [3.63, 3.8) is 0 Å². The van der Waals surface area contributed by atoms with Crippen molar-refractivity contribution in [1.29, 1.82) is 5.26 Å². The van der Waals surface area contributed by atoms with Gasteiger partial charge in [0.15, 0.2) is 0 Å². The van der Waals surface area contributed by atoms with E-state index in [2.05, 4.69) is 28.1 Å². The fourth-order valence-electron chi connectivity index (χ4n) is 2.84. The second-order valence-electron chi connectivity index (χ2n) is 5.19. The fraction of sp³-hybridized carbons (Fsp3) is 0.294. The van der Waals surface area contributed by atoms with Crippen LogP contribution < -0.4 is 9.64 Å². The summed E-state index contributed by atoms with van der Waals surface area (Å²) in [6.07, 6.45) is 2.82. The second-order valence-corrected chi connectivity index (χ2v) is 5.19. The maximum Gasteiger partial charge on any atom is 0.146 e. The molecule has 21 heavy (non-hydrogen) atoms. The summed E-state index contributed by atoms with van der Waals surface area (Å²) >= 11 is 0. The molecule has 1 fully saturated rings. The van der Waals surface area contributed by atoms with E-state index in [0.29, 0.717) is 11.5 Å². The van der Waals surface area contributed by atoms with Crippen molar-refractivity contribution in [2.24, 2.45) is 0 Å². The minimum absolute atomic E-state index is 0.476. The van der Waals surface area contributed by atoms with Gasteiger partial charge in [-0.05, 0) is 36.2 Å². The Morgan fingerprint density at radius 3 is 2.81 bits per heavy atom. The summed E-state index contributed by atoms with van der Waals surface area (Å²) in [6.45, 7) is 1.83. The van der Waals surface area contributed by atoms with E-state index in [1.54, 1.807) is 19.4 Å². The van der Waals surface area contributed by atoms with E-state index < -0.39 is 0 Å². The number of rotatable bonds is 3. The van der Waals surface area contributed by atoms with Crippen molar-refractivity contribution in [1.82, 2.24) is 4.98 Å². The first-order valence-corrected chi connectivity index (χ1v) is 7.06. The molecule has 3 rings (SSSR count). The van der Waals surface area contributed by atoms with Crippen LogP contribution in [0.2, 0.25) is 0 Å². The Morgan fingerprint density at radius 1 is 1.29 bits per heavy atom. The molecular weight excluding hydrogens is 262 g/mol. The highest BCUT2D eigenvalue weighted by Gasteiger charge is 2.26. The molecule has 1 aliphatic rings. The molecule has 106 valence electrons. The first-order chi connectivity index (χ1) is 10.3. The monoisotopic (exact) mass is 279 g/mol. The Hall–Kier alpha value is -2.54. The molecule has 1 aromatic heterocycles. The molecule has 1 aromatic carbocycles. The minimum atomic E-state index is 0.476. The van der Waals surface area contributed by atoms with Gasteiger partial charge in [0.25, 0.3) is 0 Å². The third-order valence-corrected chi connectivity index (χ3v) is 3.98. The highest BCUT2D eigenvalue weighted by molar-refractivity contribution is 5.54. The first kappa shape index (κ1) is 13.4. The van der Waals surface area contributed by atoms with Gasteiger partial charge in [-0.25, -0.2) is 4.98 Å². The lowest BCUT2D eigenvalue weighted by Gasteiger charge is -2.18. The standard InChI is InChI=1S/C17H17N3O/c1-21-16-6-4-13(5-7-16)15-8-10-20(12-15)17-14(11-18)3-2-9-19-17/h2-7,9,15H,8,10,12H2,1H3. The van der Waals surface area contributed by atoms with Gasteiger partial charge in [-0.2, -0.15) is 5.26 Å². The van der Waals surface area contributed by atoms with E-state index in [1.807, 2.05) is 18.2 Å². The fourth-order valence-corrected chi connectivity index (χ4v) is 2.84. The number of ether oxygens (including phenoxy) is 1. The lowest BCUT2D eigenvalue weighted by atomic mass is 9.98. The highest BCUT2D eigenvalue weighted by atomic mass is 16.5. The van der Waals surface area contributed by atoms with Crippen LogP contribution in [0.5, 0.6) is 5.75 Å². The van der Waals surface area contributed by atoms with Crippen molar-refractivity contribution in [3.8, 4) is 11.8 Å². The lowest BCUT2D eigenvalue weighted by molar-refractivity contribution is 0.414. The zero-order valence-corrected chi connectivity index (χ0v) is 12.0. The lowest BCUT2D eigenvalue weighted by Crippen LogP contribution is -2.21. The molecule has 2 aromatic rings. The smallest absolute Gasteiger partial charge is 0.146 e. The van der Waals surface area contributed by atoms with Gasteiger partial charge >= 0.3 is 0 Å². The summed E-state index contributed by atoms with van der Waals surface area (Å²) in [7, 11) is 1.68. The van der Waals surface area contributed by atoms with Crippen molar-refractivity contribution in [3.05, 3.63) is 53.7 Å². The zero-order chi connectivity index (χ0) is 14.7. The van der Waals surface area contributed by atoms with Crippen LogP contribution in [0, 0.1) is 11.3 Å². The Morgan fingerprint density at radius 2 is 2.10 bits per heavy atom. The van der Waals surface area contributed by atoms with Crippen molar-refractivity contribution >= 4 is 5.82 Å². The van der Waals surface area contributed by atoms with Crippen LogP contribution in [0.4, 0.5) is 5.82 Å². The topological polar surface area (TPSA) is 49.1 Å². The molecule has 0 spiro atoms. The summed E-state index contributed by atoms with van der Waals surface area (Å²) in [5.41, 5.74) is 1.96. The van der Waals surface area contributed by atoms with Gasteiger partial charge in [-0.15, -0.1) is 0 Å². The van der Waals surface area contributed by atoms with Gasteiger partial charge in [-0.3, -0.25) is 0 Å². The summed E-state index contributed by atoms with van der Waals surface area (Å²) in [6, 6.07) is 14.1. The molecule has 0 N–H and O–H groups in total. The van der Waals surface area contributed by atoms with Crippen molar-refractivity contribution in [2.45, 2.75) is 12.3 Å². The number of anilines is 1. The van der Waals surface area contributed by atoms with Crippen molar-refractivity contribution < 1.29 is 4.74 Å². The summed E-state index contributed by atoms with van der Waals surface area (Å²) in [5, 5.41) is 9.19. The number of nitriles is 1. The van der Waals surface area contributed by atoms with Gasteiger partial charge in [0.05, 0.1) is 12.7 Å². The molecule has 1 atom stereocenters. The third-order valence-electron chi connectivity index (χ3n) is 3.98. The molecule has 1 unspecified atom stereocenters. The van der Waals surface area contributed by atoms with Gasteiger partial charge in [0.2, 0.25) is 0 Å². The molecule has 1 aliphatic heterocycles. The molecular formula is C17H17N3O. The number of aromatic nitrogens is 1. The molecule has 0 aliphatic carbocycles. The molecule has 0 saturated carbocycles. The molecule has 0 bridgehead atoms. The van der Waals surface area contributed by atoms with Gasteiger partial charge in [0.1, 0.15) is 17.6 Å². The van der Waals surface area contributed by atoms with E-state index in [9.17, 15) is 5.26 Å². The van der Waals surface area contributed by atoms with Crippen LogP contribution >= 0.6 is 0 Å². The quantitative estimate of drug-likeness (QED) is 0.866. The van der Waals surface area contributed by atoms with E-state index in [1.165, 1.54) is 5.56 Å². The third kappa shape index (κ3) is 2.68. The van der Waals surface area contributed by atoms with Gasteiger partial charge in [-0.1, -0.05) is 12.1 Å². The van der Waals surface area contributed by atoms with Crippen LogP contribution in [0.1, 0.15) is 23.5 Å². The van der Waals surface area contributed by atoms with E-state index in [-0.39, 0.29) is 0 Å². The number of pyridine rings is 1. The largest absolute Gasteiger partial charge is 0.497 e. The summed E-state index contributed by atoms with van der Waals surface area (Å²) in [4.78, 5) is 6.57. The van der Waals surface area contributed by atoms with Crippen molar-refractivity contribution in [2.75, 3.05) is 25.1 Å². The molecule has 0 radical (unpaired) electrons. The predicted molar refractivity (Wildman–Crippen MR) is 81.5 cm³/mol. The molecule has 2 heterocycles. The maximum absolute atomic E-state index is 9.19. The first-order valence-electron chi connectivity index (χ1n) is 7.06. The summed E-state index contributed by atoms with van der Waals surface area (Å²) in [5.74, 6) is 2.16. The summed E-state index contributed by atoms with van der Waals surface area (Å²) < 4.78 is 5.20. The van der Waals surface area contributed by atoms with Crippen LogP contribution in [-0.4, -0.2) is 25.2 Å². The number of methoxy groups -OCH3 is 1. The maximum atomic E-state index is 9.19. The van der Waals surface area contributed by atoms with Gasteiger partial charge in [0, 0.05) is 25.2 Å². The van der Waals surface area contributed by atoms with Crippen LogP contribution in [0.3, 0.4) is 0 Å². The number of nitrogens with zero attached hydrogens (tertiary/aromatic N) is 3. The Bertz CT molecular complexity index is 660. The normalized spacial score (nSPS) is 17.5. The van der Waals surface area contributed by atoms with E-state index >= 15 is 0 Å². The SMILES string of the molecule is COc1ccc(C2CCN(c3ncccc3C#N)C2)cc1. The Labute approximate surface area is 124 Å². The number of benzene rings is 1.